The quantitative estimate of drug-likeness (QED) is 0.674. The van der Waals surface area contributed by atoms with Crippen molar-refractivity contribution in [3.8, 4) is 0 Å². The van der Waals surface area contributed by atoms with E-state index < -0.39 is 41.3 Å². The van der Waals surface area contributed by atoms with Gasteiger partial charge in [-0.2, -0.15) is 13.2 Å². The highest BCUT2D eigenvalue weighted by molar-refractivity contribution is 5.81. The highest BCUT2D eigenvalue weighted by Crippen LogP contribution is 2.29. The van der Waals surface area contributed by atoms with Crippen LogP contribution in [0.25, 0.3) is 0 Å². The highest BCUT2D eigenvalue weighted by atomic mass is 19.4. The largest absolute Gasteiger partial charge is 0.478 e. The van der Waals surface area contributed by atoms with Crippen molar-refractivity contribution < 1.29 is 31.9 Å². The lowest BCUT2D eigenvalue weighted by molar-refractivity contribution is -0.132. The molecule has 0 fully saturated rings. The third-order valence-corrected chi connectivity index (χ3v) is 2.06. The van der Waals surface area contributed by atoms with Gasteiger partial charge in [-0.15, -0.1) is 0 Å². The monoisotopic (exact) mass is 266 g/mol. The summed E-state index contributed by atoms with van der Waals surface area (Å²) in [5, 5.41) is 8.31. The van der Waals surface area contributed by atoms with Gasteiger partial charge in [-0.05, 0) is 11.6 Å². The van der Waals surface area contributed by atoms with Gasteiger partial charge >= 0.3 is 12.1 Å². The minimum atomic E-state index is -4.89. The van der Waals surface area contributed by atoms with Crippen LogP contribution < -0.4 is 0 Å². The first-order valence-electron chi connectivity index (χ1n) is 4.65. The minimum absolute atomic E-state index is 0.0389. The standard InChI is InChI=1S/C11H7F5O2/c12-8-2-1-6(9(13)5-8)3-7(4-10(17)18)11(14,15)16/h1-2,4-5H,3H2,(H,17,18)/b7-4+. The lowest BCUT2D eigenvalue weighted by atomic mass is 10.0. The minimum Gasteiger partial charge on any atom is -0.478 e. The summed E-state index contributed by atoms with van der Waals surface area (Å²) in [5.74, 6) is -3.87. The summed E-state index contributed by atoms with van der Waals surface area (Å²) in [7, 11) is 0. The smallest absolute Gasteiger partial charge is 0.413 e. The van der Waals surface area contributed by atoms with E-state index >= 15 is 0 Å². The van der Waals surface area contributed by atoms with Gasteiger partial charge in [0.1, 0.15) is 11.6 Å². The van der Waals surface area contributed by atoms with Crippen LogP contribution in [0, 0.1) is 11.6 Å². The van der Waals surface area contributed by atoms with Crippen LogP contribution >= 0.6 is 0 Å². The molecule has 1 rings (SSSR count). The molecule has 1 N–H and O–H groups in total. The zero-order chi connectivity index (χ0) is 13.9. The number of rotatable bonds is 3. The van der Waals surface area contributed by atoms with Gasteiger partial charge in [0.25, 0.3) is 0 Å². The number of allylic oxidation sites excluding steroid dienone is 1. The maximum absolute atomic E-state index is 13.2. The first kappa shape index (κ1) is 14.1. The van der Waals surface area contributed by atoms with E-state index in [1.165, 1.54) is 0 Å². The number of benzene rings is 1. The molecule has 7 heteroatoms. The van der Waals surface area contributed by atoms with Gasteiger partial charge in [0, 0.05) is 24.1 Å². The fourth-order valence-electron chi connectivity index (χ4n) is 1.25. The van der Waals surface area contributed by atoms with Crippen molar-refractivity contribution in [3.05, 3.63) is 47.0 Å². The summed E-state index contributed by atoms with van der Waals surface area (Å²) in [5.41, 5.74) is -1.85. The molecule has 0 spiro atoms. The molecule has 0 aliphatic rings. The topological polar surface area (TPSA) is 37.3 Å². The average Bonchev–Trinajstić information content (AvgIpc) is 2.18. The number of hydrogen-bond acceptors (Lipinski definition) is 1. The highest BCUT2D eigenvalue weighted by Gasteiger charge is 2.34. The van der Waals surface area contributed by atoms with Crippen molar-refractivity contribution in [1.29, 1.82) is 0 Å². The van der Waals surface area contributed by atoms with Gasteiger partial charge in [0.2, 0.25) is 0 Å². The second-order valence-corrected chi connectivity index (χ2v) is 3.42. The fourth-order valence-corrected chi connectivity index (χ4v) is 1.25. The Bertz CT molecular complexity index is 491. The van der Waals surface area contributed by atoms with Crippen LogP contribution in [-0.2, 0) is 11.2 Å². The molecule has 0 aromatic heterocycles. The molecule has 0 atom stereocenters. The van der Waals surface area contributed by atoms with Crippen molar-refractivity contribution in [2.75, 3.05) is 0 Å². The second-order valence-electron chi connectivity index (χ2n) is 3.42. The van der Waals surface area contributed by atoms with E-state index in [-0.39, 0.29) is 6.08 Å². The van der Waals surface area contributed by atoms with Crippen LogP contribution in [0.4, 0.5) is 22.0 Å². The van der Waals surface area contributed by atoms with Crippen LogP contribution in [0.1, 0.15) is 5.56 Å². The first-order chi connectivity index (χ1) is 8.20. The molecule has 0 heterocycles. The predicted octanol–water partition coefficient (Wildman–Crippen LogP) is 3.08. The van der Waals surface area contributed by atoms with E-state index in [9.17, 15) is 26.7 Å². The number of hydrogen-bond donors (Lipinski definition) is 1. The fraction of sp³-hybridized carbons (Fsp3) is 0.182. The zero-order valence-corrected chi connectivity index (χ0v) is 8.76. The number of alkyl halides is 3. The lowest BCUT2D eigenvalue weighted by Crippen LogP contribution is -2.16. The number of aliphatic carboxylic acids is 1. The van der Waals surface area contributed by atoms with E-state index in [1.54, 1.807) is 0 Å². The Hall–Kier alpha value is -1.92. The van der Waals surface area contributed by atoms with Crippen LogP contribution in [0.2, 0.25) is 0 Å². The predicted molar refractivity (Wildman–Crippen MR) is 51.8 cm³/mol. The third-order valence-electron chi connectivity index (χ3n) is 2.06. The Labute approximate surface area is 98.3 Å². The van der Waals surface area contributed by atoms with Gasteiger partial charge in [-0.1, -0.05) is 6.07 Å². The maximum Gasteiger partial charge on any atom is 0.413 e. The van der Waals surface area contributed by atoms with Gasteiger partial charge in [-0.25, -0.2) is 13.6 Å². The van der Waals surface area contributed by atoms with Gasteiger partial charge in [0.05, 0.1) is 0 Å². The molecule has 18 heavy (non-hydrogen) atoms. The van der Waals surface area contributed by atoms with Gasteiger partial charge in [-0.3, -0.25) is 0 Å². The molecular formula is C11H7F5O2. The molecular weight excluding hydrogens is 259 g/mol. The molecule has 2 nitrogen and oxygen atoms in total. The summed E-state index contributed by atoms with van der Waals surface area (Å²) in [6, 6.07) is 2.07. The van der Waals surface area contributed by atoms with E-state index in [0.717, 1.165) is 12.1 Å². The van der Waals surface area contributed by atoms with E-state index in [4.69, 9.17) is 5.11 Å². The van der Waals surface area contributed by atoms with E-state index in [2.05, 4.69) is 0 Å². The summed E-state index contributed by atoms with van der Waals surface area (Å²) in [6.07, 6.45) is -5.90. The molecule has 0 unspecified atom stereocenters. The summed E-state index contributed by atoms with van der Waals surface area (Å²) in [4.78, 5) is 10.3. The SMILES string of the molecule is O=C(O)/C=C(\Cc1ccc(F)cc1F)C(F)(F)F. The van der Waals surface area contributed by atoms with Gasteiger partial charge < -0.3 is 5.11 Å². The Balaban J connectivity index is 3.08. The normalized spacial score (nSPS) is 12.6. The number of halogens is 5. The molecule has 1 aromatic carbocycles. The lowest BCUT2D eigenvalue weighted by Gasteiger charge is -2.11. The van der Waals surface area contributed by atoms with Crippen molar-refractivity contribution in [2.24, 2.45) is 0 Å². The number of carbonyl (C=O) groups is 1. The summed E-state index contributed by atoms with van der Waals surface area (Å²) >= 11 is 0. The maximum atomic E-state index is 13.2. The van der Waals surface area contributed by atoms with Gasteiger partial charge in [0.15, 0.2) is 0 Å². The van der Waals surface area contributed by atoms with E-state index in [1.807, 2.05) is 0 Å². The first-order valence-corrected chi connectivity index (χ1v) is 4.65. The van der Waals surface area contributed by atoms with Crippen molar-refractivity contribution in [1.82, 2.24) is 0 Å². The van der Waals surface area contributed by atoms with Crippen molar-refractivity contribution >= 4 is 5.97 Å². The molecule has 0 saturated heterocycles. The van der Waals surface area contributed by atoms with Crippen molar-refractivity contribution in [2.45, 2.75) is 12.6 Å². The number of carboxylic acids is 1. The Morgan fingerprint density at radius 3 is 2.33 bits per heavy atom. The molecule has 98 valence electrons. The molecule has 1 aromatic rings. The Kier molecular flexibility index (Phi) is 4.05. The second kappa shape index (κ2) is 5.16. The van der Waals surface area contributed by atoms with Crippen LogP contribution in [0.3, 0.4) is 0 Å². The summed E-state index contributed by atoms with van der Waals surface area (Å²) < 4.78 is 63.1. The Morgan fingerprint density at radius 2 is 1.89 bits per heavy atom. The zero-order valence-electron chi connectivity index (χ0n) is 8.76. The third kappa shape index (κ3) is 3.83. The van der Waals surface area contributed by atoms with Crippen LogP contribution in [0.15, 0.2) is 29.8 Å². The summed E-state index contributed by atoms with van der Waals surface area (Å²) in [6.45, 7) is 0. The van der Waals surface area contributed by atoms with Crippen LogP contribution in [0.5, 0.6) is 0 Å². The molecule has 0 amide bonds. The Morgan fingerprint density at radius 1 is 1.28 bits per heavy atom. The molecule has 0 aliphatic carbocycles. The van der Waals surface area contributed by atoms with Crippen LogP contribution in [-0.4, -0.2) is 17.3 Å². The average molecular weight is 266 g/mol. The van der Waals surface area contributed by atoms with E-state index in [0.29, 0.717) is 6.07 Å². The molecule has 0 radical (unpaired) electrons. The molecule has 0 saturated carbocycles. The molecule has 0 bridgehead atoms. The number of carboxylic acid groups (broad SMARTS) is 1. The molecule has 0 aliphatic heterocycles. The van der Waals surface area contributed by atoms with Crippen molar-refractivity contribution in [3.63, 3.8) is 0 Å².